The maximum Gasteiger partial charge on any atom is 0.414 e. The molecule has 0 radical (unpaired) electrons. The molecule has 0 atom stereocenters. The number of fused-ring (bicyclic) bond motifs is 1. The number of aliphatic hydroxyl groups excluding tert-OH is 1. The highest BCUT2D eigenvalue weighted by Crippen LogP contribution is 2.26. The van der Waals surface area contributed by atoms with Gasteiger partial charge in [-0.05, 0) is 0 Å². The summed E-state index contributed by atoms with van der Waals surface area (Å²) in [5.41, 5.74) is 0.644. The fourth-order valence-electron chi connectivity index (χ4n) is 1.22. The van der Waals surface area contributed by atoms with Crippen LogP contribution >= 0.6 is 0 Å². The predicted octanol–water partition coefficient (Wildman–Crippen LogP) is 0.612. The minimum Gasteiger partial charge on any atom is -0.510 e. The van der Waals surface area contributed by atoms with Gasteiger partial charge in [-0.3, -0.25) is 4.90 Å². The van der Waals surface area contributed by atoms with Gasteiger partial charge in [-0.15, -0.1) is 0 Å². The van der Waals surface area contributed by atoms with Crippen molar-refractivity contribution >= 4 is 6.09 Å². The van der Waals surface area contributed by atoms with Crippen molar-refractivity contribution in [3.05, 3.63) is 11.5 Å². The average molecular weight is 141 g/mol. The molecule has 0 aliphatic carbocycles. The van der Waals surface area contributed by atoms with E-state index in [-0.39, 0.29) is 12.7 Å². The Hall–Kier alpha value is -1.19. The molecule has 1 amide bonds. The third kappa shape index (κ3) is 0.531. The third-order valence-electron chi connectivity index (χ3n) is 1.78. The van der Waals surface area contributed by atoms with Crippen LogP contribution in [0.2, 0.25) is 0 Å². The molecule has 0 spiro atoms. The van der Waals surface area contributed by atoms with Gasteiger partial charge < -0.3 is 9.84 Å². The predicted molar refractivity (Wildman–Crippen MR) is 32.3 cm³/mol. The monoisotopic (exact) mass is 141 g/mol. The van der Waals surface area contributed by atoms with Crippen molar-refractivity contribution in [1.29, 1.82) is 0 Å². The average Bonchev–Trinajstić information content (AvgIpc) is 2.41. The summed E-state index contributed by atoms with van der Waals surface area (Å²) >= 11 is 0. The molecule has 4 nitrogen and oxygen atoms in total. The zero-order valence-corrected chi connectivity index (χ0v) is 5.33. The van der Waals surface area contributed by atoms with Gasteiger partial charge in [0.05, 0.1) is 5.70 Å². The van der Waals surface area contributed by atoms with Gasteiger partial charge in [0.15, 0.2) is 0 Å². The van der Waals surface area contributed by atoms with Gasteiger partial charge in [0.2, 0.25) is 0 Å². The van der Waals surface area contributed by atoms with E-state index in [4.69, 9.17) is 5.11 Å². The molecular formula is C6H7NO3. The van der Waals surface area contributed by atoms with Gasteiger partial charge >= 0.3 is 6.09 Å². The number of hydrogen-bond donors (Lipinski definition) is 1. The zero-order valence-electron chi connectivity index (χ0n) is 5.33. The van der Waals surface area contributed by atoms with Crippen LogP contribution in [0.4, 0.5) is 4.79 Å². The summed E-state index contributed by atoms with van der Waals surface area (Å²) in [5, 5.41) is 9.12. The van der Waals surface area contributed by atoms with Crippen LogP contribution in [0, 0.1) is 0 Å². The van der Waals surface area contributed by atoms with E-state index in [1.807, 2.05) is 0 Å². The Labute approximate surface area is 57.7 Å². The molecule has 1 N–H and O–H groups in total. The molecule has 0 aromatic heterocycles. The lowest BCUT2D eigenvalue weighted by Gasteiger charge is -2.03. The van der Waals surface area contributed by atoms with Crippen LogP contribution in [0.1, 0.15) is 6.42 Å². The number of aliphatic hydroxyl groups is 1. The van der Waals surface area contributed by atoms with Crippen molar-refractivity contribution in [2.24, 2.45) is 0 Å². The zero-order chi connectivity index (χ0) is 7.14. The summed E-state index contributed by atoms with van der Waals surface area (Å²) in [6, 6.07) is 0. The van der Waals surface area contributed by atoms with Crippen LogP contribution in [0.15, 0.2) is 11.5 Å². The van der Waals surface area contributed by atoms with Crippen molar-refractivity contribution in [1.82, 2.24) is 4.90 Å². The van der Waals surface area contributed by atoms with E-state index in [9.17, 15) is 4.79 Å². The maximum absolute atomic E-state index is 10.8. The number of cyclic esters (lactones) is 1. The molecule has 2 heterocycles. The number of amides is 1. The van der Waals surface area contributed by atoms with Crippen molar-refractivity contribution < 1.29 is 14.6 Å². The van der Waals surface area contributed by atoms with E-state index in [1.165, 1.54) is 4.90 Å². The van der Waals surface area contributed by atoms with E-state index < -0.39 is 0 Å². The molecule has 0 bridgehead atoms. The lowest BCUT2D eigenvalue weighted by atomic mass is 10.4. The number of rotatable bonds is 0. The summed E-state index contributed by atoms with van der Waals surface area (Å²) in [6.07, 6.45) is 0.240. The van der Waals surface area contributed by atoms with Gasteiger partial charge in [-0.1, -0.05) is 0 Å². The molecule has 1 fully saturated rings. The molecule has 54 valence electrons. The van der Waals surface area contributed by atoms with Crippen molar-refractivity contribution in [2.75, 3.05) is 13.2 Å². The number of hydrogen-bond acceptors (Lipinski definition) is 3. The largest absolute Gasteiger partial charge is 0.510 e. The summed E-state index contributed by atoms with van der Waals surface area (Å²) in [6.45, 7) is 0.810. The first-order valence-electron chi connectivity index (χ1n) is 3.14. The Morgan fingerprint density at radius 2 is 2.40 bits per heavy atom. The first kappa shape index (κ1) is 5.58. The topological polar surface area (TPSA) is 49.8 Å². The minimum absolute atomic E-state index is 0.241. The standard InChI is InChI=1S/C6H7NO3/c8-5-1-2-7-4(5)3-10-6(7)9/h8H,1-3H2. The second kappa shape index (κ2) is 1.65. The van der Waals surface area contributed by atoms with E-state index in [0.29, 0.717) is 24.4 Å². The number of nitrogens with zero attached hydrogens (tertiary/aromatic N) is 1. The molecule has 10 heavy (non-hydrogen) atoms. The Balaban J connectivity index is 2.35. The van der Waals surface area contributed by atoms with Crippen LogP contribution in [0.5, 0.6) is 0 Å². The van der Waals surface area contributed by atoms with E-state index in [2.05, 4.69) is 4.74 Å². The summed E-state index contributed by atoms with van der Waals surface area (Å²) in [5.74, 6) is 0.297. The van der Waals surface area contributed by atoms with Crippen LogP contribution in [0.25, 0.3) is 0 Å². The first-order valence-corrected chi connectivity index (χ1v) is 3.14. The van der Waals surface area contributed by atoms with Crippen LogP contribution in [0.3, 0.4) is 0 Å². The molecule has 0 aromatic carbocycles. The highest BCUT2D eigenvalue weighted by atomic mass is 16.6. The van der Waals surface area contributed by atoms with Gasteiger partial charge in [-0.2, -0.15) is 0 Å². The molecule has 2 rings (SSSR count). The lowest BCUT2D eigenvalue weighted by molar-refractivity contribution is 0.159. The molecule has 1 saturated heterocycles. The second-order valence-electron chi connectivity index (χ2n) is 2.35. The van der Waals surface area contributed by atoms with E-state index in [1.54, 1.807) is 0 Å². The normalized spacial score (nSPS) is 23.6. The van der Waals surface area contributed by atoms with Crippen LogP contribution in [-0.4, -0.2) is 29.3 Å². The summed E-state index contributed by atoms with van der Waals surface area (Å²) < 4.78 is 4.66. The van der Waals surface area contributed by atoms with Crippen molar-refractivity contribution in [3.8, 4) is 0 Å². The van der Waals surface area contributed by atoms with Crippen molar-refractivity contribution in [3.63, 3.8) is 0 Å². The van der Waals surface area contributed by atoms with Gasteiger partial charge in [0.25, 0.3) is 0 Å². The molecule has 0 aromatic rings. The highest BCUT2D eigenvalue weighted by Gasteiger charge is 2.34. The molecule has 2 aliphatic rings. The minimum atomic E-state index is -0.334. The number of carbonyl (C=O) groups is 1. The van der Waals surface area contributed by atoms with Crippen LogP contribution in [-0.2, 0) is 4.74 Å². The highest BCUT2D eigenvalue weighted by molar-refractivity contribution is 5.73. The molecule has 2 aliphatic heterocycles. The molecule has 0 saturated carbocycles. The van der Waals surface area contributed by atoms with Gasteiger partial charge in [0, 0.05) is 13.0 Å². The maximum atomic E-state index is 10.8. The van der Waals surface area contributed by atoms with Gasteiger partial charge in [-0.25, -0.2) is 4.79 Å². The quantitative estimate of drug-likeness (QED) is 0.537. The summed E-state index contributed by atoms with van der Waals surface area (Å²) in [7, 11) is 0. The fraction of sp³-hybridized carbons (Fsp3) is 0.500. The van der Waals surface area contributed by atoms with E-state index in [0.717, 1.165) is 0 Å². The molecule has 0 unspecified atom stereocenters. The Morgan fingerprint density at radius 1 is 1.60 bits per heavy atom. The van der Waals surface area contributed by atoms with Crippen LogP contribution < -0.4 is 0 Å². The van der Waals surface area contributed by atoms with Crippen molar-refractivity contribution in [2.45, 2.75) is 6.42 Å². The molecular weight excluding hydrogens is 134 g/mol. The first-order chi connectivity index (χ1) is 4.79. The SMILES string of the molecule is O=C1OCC2=C(O)CCN12. The number of ether oxygens (including phenoxy) is 1. The second-order valence-corrected chi connectivity index (χ2v) is 2.35. The van der Waals surface area contributed by atoms with E-state index >= 15 is 0 Å². The lowest BCUT2D eigenvalue weighted by Crippen LogP contribution is -2.19. The number of carbonyl (C=O) groups excluding carboxylic acids is 1. The third-order valence-corrected chi connectivity index (χ3v) is 1.78. The fourth-order valence-corrected chi connectivity index (χ4v) is 1.22. The van der Waals surface area contributed by atoms with Gasteiger partial charge in [0.1, 0.15) is 12.4 Å². The Kier molecular flexibility index (Phi) is 0.922. The Morgan fingerprint density at radius 3 is 3.10 bits per heavy atom. The summed E-state index contributed by atoms with van der Waals surface area (Å²) in [4.78, 5) is 12.2. The molecule has 4 heteroatoms. The smallest absolute Gasteiger partial charge is 0.414 e. The Bertz CT molecular complexity index is 221.